The second-order valence-electron chi connectivity index (χ2n) is 10.6. The van der Waals surface area contributed by atoms with E-state index in [1.54, 1.807) is 19.2 Å². The molecule has 1 aliphatic rings. The summed E-state index contributed by atoms with van der Waals surface area (Å²) in [6.07, 6.45) is 2.28. The minimum Gasteiger partial charge on any atom is -0.497 e. The van der Waals surface area contributed by atoms with E-state index in [-0.39, 0.29) is 23.8 Å². The number of carbonyl (C=O) groups is 1. The van der Waals surface area contributed by atoms with Crippen molar-refractivity contribution in [2.75, 3.05) is 7.11 Å². The van der Waals surface area contributed by atoms with Crippen LogP contribution in [-0.2, 0) is 22.7 Å². The van der Waals surface area contributed by atoms with Gasteiger partial charge in [0.25, 0.3) is 0 Å². The molecule has 3 aromatic rings. The van der Waals surface area contributed by atoms with Crippen LogP contribution in [0.4, 0.5) is 4.39 Å². The molecular weight excluding hydrogens is 471 g/mol. The number of carboxylic acid groups (broad SMARTS) is 1. The topological polar surface area (TPSA) is 65.0 Å². The first-order chi connectivity index (χ1) is 17.6. The van der Waals surface area contributed by atoms with Crippen LogP contribution in [0.25, 0.3) is 11.1 Å². The minimum absolute atomic E-state index is 0.0132. The van der Waals surface area contributed by atoms with E-state index in [4.69, 9.17) is 14.2 Å². The third kappa shape index (κ3) is 7.32. The standard InChI is InChI=1S/C31H35FO5/c1-31(2,3)37-19-23-14-20(8-12-26(23)28-16-24(35-4)11-13-29(28)32)18-36-25-7-5-6-22(15-25)27(17-30(33)34)21-9-10-21/h5-8,11-16,21,27H,9-10,17-19H2,1-4H3,(H,33,34). The van der Waals surface area contributed by atoms with Gasteiger partial charge in [0, 0.05) is 5.56 Å². The maximum absolute atomic E-state index is 14.8. The van der Waals surface area contributed by atoms with Gasteiger partial charge in [0.1, 0.15) is 23.9 Å². The van der Waals surface area contributed by atoms with Gasteiger partial charge in [-0.25, -0.2) is 4.39 Å². The van der Waals surface area contributed by atoms with Crippen molar-refractivity contribution in [3.63, 3.8) is 0 Å². The summed E-state index contributed by atoms with van der Waals surface area (Å²) in [7, 11) is 1.56. The summed E-state index contributed by atoms with van der Waals surface area (Å²) >= 11 is 0. The molecule has 1 fully saturated rings. The van der Waals surface area contributed by atoms with Gasteiger partial charge in [-0.1, -0.05) is 24.3 Å². The number of hydrogen-bond acceptors (Lipinski definition) is 4. The third-order valence-corrected chi connectivity index (χ3v) is 6.57. The summed E-state index contributed by atoms with van der Waals surface area (Å²) in [6.45, 7) is 6.59. The Kier molecular flexibility index (Phi) is 8.18. The predicted octanol–water partition coefficient (Wildman–Crippen LogP) is 7.36. The molecule has 4 rings (SSSR count). The largest absolute Gasteiger partial charge is 0.497 e. The van der Waals surface area contributed by atoms with Crippen LogP contribution in [0.2, 0.25) is 0 Å². The van der Waals surface area contributed by atoms with Gasteiger partial charge in [-0.3, -0.25) is 4.79 Å². The second kappa shape index (κ2) is 11.3. The summed E-state index contributed by atoms with van der Waals surface area (Å²) in [5.74, 6) is 0.620. The zero-order chi connectivity index (χ0) is 26.6. The van der Waals surface area contributed by atoms with Gasteiger partial charge in [-0.15, -0.1) is 0 Å². The monoisotopic (exact) mass is 506 g/mol. The molecule has 37 heavy (non-hydrogen) atoms. The Bertz CT molecular complexity index is 1240. The molecule has 0 bridgehead atoms. The van der Waals surface area contributed by atoms with Gasteiger partial charge in [0.15, 0.2) is 0 Å². The molecule has 3 aromatic carbocycles. The van der Waals surface area contributed by atoms with Gasteiger partial charge >= 0.3 is 5.97 Å². The van der Waals surface area contributed by atoms with E-state index in [2.05, 4.69) is 0 Å². The van der Waals surface area contributed by atoms with E-state index in [1.807, 2.05) is 63.2 Å². The van der Waals surface area contributed by atoms with Crippen LogP contribution < -0.4 is 9.47 Å². The van der Waals surface area contributed by atoms with Crippen LogP contribution in [0.1, 0.15) is 62.6 Å². The van der Waals surface area contributed by atoms with Crippen LogP contribution in [0.3, 0.4) is 0 Å². The highest BCUT2D eigenvalue weighted by molar-refractivity contribution is 5.70. The van der Waals surface area contributed by atoms with Crippen LogP contribution in [0, 0.1) is 11.7 Å². The highest BCUT2D eigenvalue weighted by Gasteiger charge is 2.33. The molecule has 0 aromatic heterocycles. The van der Waals surface area contributed by atoms with E-state index in [0.717, 1.165) is 35.1 Å². The van der Waals surface area contributed by atoms with Crippen molar-refractivity contribution in [1.82, 2.24) is 0 Å². The Morgan fingerprint density at radius 3 is 2.46 bits per heavy atom. The molecule has 196 valence electrons. The average molecular weight is 507 g/mol. The molecule has 0 heterocycles. The number of rotatable bonds is 11. The normalized spacial score (nSPS) is 14.3. The third-order valence-electron chi connectivity index (χ3n) is 6.57. The van der Waals surface area contributed by atoms with Crippen LogP contribution in [0.5, 0.6) is 11.5 Å². The molecule has 0 saturated heterocycles. The lowest BCUT2D eigenvalue weighted by Crippen LogP contribution is -2.19. The number of methoxy groups -OCH3 is 1. The maximum Gasteiger partial charge on any atom is 0.303 e. The summed E-state index contributed by atoms with van der Waals surface area (Å²) in [5.41, 5.74) is 3.63. The molecule has 1 atom stereocenters. The number of halogens is 1. The number of ether oxygens (including phenoxy) is 3. The molecule has 1 unspecified atom stereocenters. The molecule has 1 N–H and O–H groups in total. The molecule has 6 heteroatoms. The zero-order valence-electron chi connectivity index (χ0n) is 21.9. The molecule has 5 nitrogen and oxygen atoms in total. The molecule has 0 spiro atoms. The van der Waals surface area contributed by atoms with E-state index < -0.39 is 5.97 Å². The summed E-state index contributed by atoms with van der Waals surface area (Å²) in [4.78, 5) is 11.4. The van der Waals surface area contributed by atoms with E-state index in [1.165, 1.54) is 6.07 Å². The van der Waals surface area contributed by atoms with Crippen molar-refractivity contribution in [2.45, 2.75) is 64.8 Å². The van der Waals surface area contributed by atoms with Gasteiger partial charge in [0.05, 0.1) is 25.7 Å². The maximum atomic E-state index is 14.8. The summed E-state index contributed by atoms with van der Waals surface area (Å²) in [6, 6.07) is 18.3. The number of carboxylic acids is 1. The van der Waals surface area contributed by atoms with Crippen LogP contribution >= 0.6 is 0 Å². The molecule has 1 aliphatic carbocycles. The lowest BCUT2D eigenvalue weighted by atomic mass is 9.91. The Morgan fingerprint density at radius 2 is 1.78 bits per heavy atom. The Hall–Kier alpha value is -3.38. The van der Waals surface area contributed by atoms with E-state index in [9.17, 15) is 14.3 Å². The first kappa shape index (κ1) is 26.7. The first-order valence-corrected chi connectivity index (χ1v) is 12.7. The molecule has 0 amide bonds. The molecular formula is C31H35FO5. The van der Waals surface area contributed by atoms with Crippen LogP contribution in [0.15, 0.2) is 60.7 Å². The number of aliphatic carboxylic acids is 1. The lowest BCUT2D eigenvalue weighted by Gasteiger charge is -2.22. The van der Waals surface area contributed by atoms with Gasteiger partial charge in [0.2, 0.25) is 0 Å². The predicted molar refractivity (Wildman–Crippen MR) is 141 cm³/mol. The Morgan fingerprint density at radius 1 is 1.00 bits per heavy atom. The fraction of sp³-hybridized carbons (Fsp3) is 0.387. The molecule has 0 aliphatic heterocycles. The Labute approximate surface area is 218 Å². The quantitative estimate of drug-likeness (QED) is 0.294. The van der Waals surface area contributed by atoms with Crippen molar-refractivity contribution in [1.29, 1.82) is 0 Å². The van der Waals surface area contributed by atoms with Crippen molar-refractivity contribution in [2.24, 2.45) is 5.92 Å². The van der Waals surface area contributed by atoms with Gasteiger partial charge in [-0.05, 0) is 104 Å². The highest BCUT2D eigenvalue weighted by atomic mass is 19.1. The van der Waals surface area contributed by atoms with E-state index in [0.29, 0.717) is 36.2 Å². The Balaban J connectivity index is 1.56. The SMILES string of the molecule is COc1ccc(F)c(-c2ccc(COc3cccc(C(CC(=O)O)C4CC4)c3)cc2COC(C)(C)C)c1. The van der Waals surface area contributed by atoms with Crippen molar-refractivity contribution < 1.29 is 28.5 Å². The summed E-state index contributed by atoms with van der Waals surface area (Å²) < 4.78 is 32.3. The fourth-order valence-electron chi connectivity index (χ4n) is 4.50. The fourth-order valence-corrected chi connectivity index (χ4v) is 4.50. The smallest absolute Gasteiger partial charge is 0.303 e. The van der Waals surface area contributed by atoms with Gasteiger partial charge in [-0.2, -0.15) is 0 Å². The number of benzene rings is 3. The van der Waals surface area contributed by atoms with Crippen LogP contribution in [-0.4, -0.2) is 23.8 Å². The van der Waals surface area contributed by atoms with Crippen molar-refractivity contribution >= 4 is 5.97 Å². The zero-order valence-corrected chi connectivity index (χ0v) is 21.9. The molecule has 1 saturated carbocycles. The van der Waals surface area contributed by atoms with Gasteiger partial charge < -0.3 is 19.3 Å². The first-order valence-electron chi connectivity index (χ1n) is 12.7. The average Bonchev–Trinajstić information content (AvgIpc) is 3.70. The highest BCUT2D eigenvalue weighted by Crippen LogP contribution is 2.45. The summed E-state index contributed by atoms with van der Waals surface area (Å²) in [5, 5.41) is 9.34. The molecule has 0 radical (unpaired) electrons. The van der Waals surface area contributed by atoms with E-state index >= 15 is 0 Å². The second-order valence-corrected chi connectivity index (χ2v) is 10.6. The minimum atomic E-state index is -0.777. The van der Waals surface area contributed by atoms with Crippen molar-refractivity contribution in [3.8, 4) is 22.6 Å². The van der Waals surface area contributed by atoms with Crippen molar-refractivity contribution in [3.05, 3.63) is 83.2 Å². The number of hydrogen-bond donors (Lipinski definition) is 1. The lowest BCUT2D eigenvalue weighted by molar-refractivity contribution is -0.137.